The van der Waals surface area contributed by atoms with Crippen LogP contribution in [0.4, 0.5) is 23.0 Å². The van der Waals surface area contributed by atoms with E-state index in [-0.39, 0.29) is 43.0 Å². The number of amides is 2. The van der Waals surface area contributed by atoms with Crippen LogP contribution in [-0.4, -0.2) is 201 Å². The van der Waals surface area contributed by atoms with Gasteiger partial charge in [0.2, 0.25) is 5.91 Å². The molecule has 4 heterocycles. The molecular formula is C36H55N9O12. The van der Waals surface area contributed by atoms with Crippen molar-refractivity contribution >= 4 is 46.0 Å². The van der Waals surface area contributed by atoms with E-state index in [1.807, 2.05) is 24.8 Å². The zero-order chi connectivity index (χ0) is 41.7. The number of fused-ring (bicyclic) bond motifs is 2. The van der Waals surface area contributed by atoms with Gasteiger partial charge in [-0.05, 0) is 44.5 Å². The average Bonchev–Trinajstić information content (AvgIpc) is 3.95. The summed E-state index contributed by atoms with van der Waals surface area (Å²) in [5.41, 5.74) is 9.03. The number of anilines is 4. The first-order valence-electron chi connectivity index (χ1n) is 18.9. The molecule has 0 aliphatic carbocycles. The third kappa shape index (κ3) is 9.56. The summed E-state index contributed by atoms with van der Waals surface area (Å²) in [5, 5.41) is 104. The standard InChI is InChI=1S/C36H55N9O12/c1-3-44-21-6-5-18(11-22(21)45(4-2)28(44)12-27(52)40-35-33(37)41-34-20(39-35)7-9-38-34)36(57)42-10-8-19(13-42)43(14-23(48)29(53)31(55)25(50)16-46)15-24(49)30(54)32(56)26(51)17-47/h5-7,9,11,19,23-26,28-32,46-51,53-56H,3-4,8,10,12-17H2,1-2H3,(H3,37,38,41)(H,39,40,52)/t19-,23-,24-,25+,26+,28?,29+,30+,31+,32+/m0/s1. The minimum atomic E-state index is -1.94. The van der Waals surface area contributed by atoms with Crippen LogP contribution in [0.25, 0.3) is 11.2 Å². The second kappa shape index (κ2) is 19.0. The topological polar surface area (TPSA) is 329 Å². The van der Waals surface area contributed by atoms with E-state index in [1.165, 1.54) is 4.90 Å². The maximum absolute atomic E-state index is 14.0. The van der Waals surface area contributed by atoms with Gasteiger partial charge >= 0.3 is 0 Å². The molecule has 0 saturated carbocycles. The molecule has 2 aliphatic heterocycles. The first kappa shape index (κ1) is 43.9. The number of benzene rings is 1. The number of hydrogen-bond acceptors (Lipinski definition) is 18. The van der Waals surface area contributed by atoms with E-state index >= 15 is 0 Å². The first-order chi connectivity index (χ1) is 27.1. The highest BCUT2D eigenvalue weighted by Gasteiger charge is 2.40. The Kier molecular flexibility index (Phi) is 14.6. The number of aromatic nitrogens is 3. The second-order valence-corrected chi connectivity index (χ2v) is 14.4. The van der Waals surface area contributed by atoms with Crippen molar-refractivity contribution in [1.82, 2.24) is 24.8 Å². The van der Waals surface area contributed by atoms with Gasteiger partial charge in [-0.25, -0.2) is 9.97 Å². The van der Waals surface area contributed by atoms with Gasteiger partial charge in [0.05, 0.1) is 43.2 Å². The number of aliphatic hydroxyl groups is 10. The van der Waals surface area contributed by atoms with Crippen molar-refractivity contribution in [1.29, 1.82) is 0 Å². The molecule has 2 amide bonds. The molecule has 0 radical (unpaired) electrons. The van der Waals surface area contributed by atoms with Crippen LogP contribution >= 0.6 is 0 Å². The number of likely N-dealkylation sites (tertiary alicyclic amines) is 1. The van der Waals surface area contributed by atoms with E-state index in [9.17, 15) is 60.7 Å². The van der Waals surface area contributed by atoms with Crippen LogP contribution in [0.5, 0.6) is 0 Å². The van der Waals surface area contributed by atoms with Crippen molar-refractivity contribution in [2.75, 3.05) is 73.3 Å². The highest BCUT2D eigenvalue weighted by atomic mass is 16.4. The summed E-state index contributed by atoms with van der Waals surface area (Å²) in [6.07, 6.45) is -13.1. The largest absolute Gasteiger partial charge is 0.394 e. The van der Waals surface area contributed by atoms with Gasteiger partial charge in [0.15, 0.2) is 17.3 Å². The van der Waals surface area contributed by atoms with Gasteiger partial charge in [-0.2, -0.15) is 0 Å². The van der Waals surface area contributed by atoms with Crippen molar-refractivity contribution in [2.24, 2.45) is 0 Å². The minimum absolute atomic E-state index is 0.0443. The summed E-state index contributed by atoms with van der Waals surface area (Å²) in [7, 11) is 0. The number of aliphatic hydroxyl groups excluding tert-OH is 10. The Morgan fingerprint density at radius 2 is 1.44 bits per heavy atom. The van der Waals surface area contributed by atoms with Crippen molar-refractivity contribution < 1.29 is 60.7 Å². The molecule has 2 aromatic heterocycles. The van der Waals surface area contributed by atoms with Crippen molar-refractivity contribution in [2.45, 2.75) is 87.7 Å². The lowest BCUT2D eigenvalue weighted by atomic mass is 10.00. The zero-order valence-corrected chi connectivity index (χ0v) is 31.8. The number of carbonyl (C=O) groups excluding carboxylic acids is 2. The van der Waals surface area contributed by atoms with Gasteiger partial charge in [-0.1, -0.05) is 0 Å². The minimum Gasteiger partial charge on any atom is -0.394 e. The number of rotatable bonds is 19. The van der Waals surface area contributed by atoms with E-state index in [0.717, 1.165) is 11.4 Å². The predicted octanol–water partition coefficient (Wildman–Crippen LogP) is -4.05. The summed E-state index contributed by atoms with van der Waals surface area (Å²) in [4.78, 5) is 46.1. The number of H-pyrrole nitrogens is 1. The lowest BCUT2D eigenvalue weighted by Crippen LogP contribution is -2.55. The fraction of sp³-hybridized carbons (Fsp3) is 0.611. The normalized spacial score (nSPS) is 21.3. The fourth-order valence-electron chi connectivity index (χ4n) is 7.53. The SMILES string of the molecule is CCN1c2ccc(C(=O)N3CC[C@H](N(C[C@H](O)[C@@H](O)[C@H](O)[C@H](O)CO)C[C@H](O)[C@@H](O)[C@H](O)[C@H](O)CO)C3)cc2N(CC)C1CC(=O)Nc1nc2cc[nH]c2nc1N. The van der Waals surface area contributed by atoms with Gasteiger partial charge in [0.25, 0.3) is 5.91 Å². The number of nitrogens with two attached hydrogens (primary N) is 1. The van der Waals surface area contributed by atoms with Crippen LogP contribution in [0.15, 0.2) is 30.5 Å². The third-order valence-electron chi connectivity index (χ3n) is 10.7. The number of nitrogens with one attached hydrogen (secondary N) is 2. The van der Waals surface area contributed by atoms with E-state index in [0.29, 0.717) is 36.2 Å². The number of aromatic amines is 1. The molecule has 2 aliphatic rings. The molecule has 14 N–H and O–H groups in total. The lowest BCUT2D eigenvalue weighted by molar-refractivity contribution is -0.133. The number of carbonyl (C=O) groups is 2. The van der Waals surface area contributed by atoms with Crippen molar-refractivity contribution in [3.63, 3.8) is 0 Å². The summed E-state index contributed by atoms with van der Waals surface area (Å²) >= 11 is 0. The van der Waals surface area contributed by atoms with Gasteiger partial charge in [0.1, 0.15) is 48.3 Å². The maximum atomic E-state index is 14.0. The van der Waals surface area contributed by atoms with Crippen LogP contribution in [0.2, 0.25) is 0 Å². The van der Waals surface area contributed by atoms with Crippen LogP contribution < -0.4 is 20.9 Å². The van der Waals surface area contributed by atoms with E-state index in [4.69, 9.17) is 5.73 Å². The predicted molar refractivity (Wildman–Crippen MR) is 206 cm³/mol. The average molecular weight is 806 g/mol. The molecule has 0 spiro atoms. The van der Waals surface area contributed by atoms with Gasteiger partial charge < -0.3 is 81.8 Å². The highest BCUT2D eigenvalue weighted by Crippen LogP contribution is 2.41. The maximum Gasteiger partial charge on any atom is 0.253 e. The van der Waals surface area contributed by atoms with E-state index in [2.05, 4.69) is 25.2 Å². The Morgan fingerprint density at radius 3 is 2.02 bits per heavy atom. The Balaban J connectivity index is 1.30. The summed E-state index contributed by atoms with van der Waals surface area (Å²) in [6.45, 7) is 2.57. The van der Waals surface area contributed by atoms with E-state index in [1.54, 1.807) is 29.3 Å². The Bertz CT molecular complexity index is 1790. The van der Waals surface area contributed by atoms with Gasteiger partial charge in [-0.3, -0.25) is 14.5 Å². The van der Waals surface area contributed by atoms with E-state index < -0.39 is 87.3 Å². The molecule has 1 saturated heterocycles. The Hall–Kier alpha value is -4.26. The molecule has 316 valence electrons. The molecule has 57 heavy (non-hydrogen) atoms. The molecule has 21 nitrogen and oxygen atoms in total. The van der Waals surface area contributed by atoms with Gasteiger partial charge in [0, 0.05) is 57.1 Å². The summed E-state index contributed by atoms with van der Waals surface area (Å²) < 4.78 is 0. The number of nitrogens with zero attached hydrogens (tertiary/aromatic N) is 6. The zero-order valence-electron chi connectivity index (χ0n) is 31.8. The van der Waals surface area contributed by atoms with Crippen molar-refractivity contribution in [3.8, 4) is 0 Å². The molecular weight excluding hydrogens is 750 g/mol. The molecule has 1 fully saturated rings. The number of hydrogen-bond donors (Lipinski definition) is 13. The first-order valence-corrected chi connectivity index (χ1v) is 18.9. The molecule has 1 unspecified atom stereocenters. The highest BCUT2D eigenvalue weighted by molar-refractivity contribution is 5.98. The van der Waals surface area contributed by atoms with Crippen LogP contribution in [0.1, 0.15) is 37.0 Å². The molecule has 1 aromatic carbocycles. The third-order valence-corrected chi connectivity index (χ3v) is 10.7. The monoisotopic (exact) mass is 805 g/mol. The van der Waals surface area contributed by atoms with Crippen LogP contribution in [-0.2, 0) is 4.79 Å². The smallest absolute Gasteiger partial charge is 0.253 e. The molecule has 10 atom stereocenters. The van der Waals surface area contributed by atoms with Crippen LogP contribution in [0.3, 0.4) is 0 Å². The Morgan fingerprint density at radius 1 is 0.860 bits per heavy atom. The second-order valence-electron chi connectivity index (χ2n) is 14.4. The van der Waals surface area contributed by atoms with Crippen LogP contribution in [0, 0.1) is 0 Å². The van der Waals surface area contributed by atoms with Gasteiger partial charge in [-0.15, -0.1) is 0 Å². The molecule has 3 aromatic rings. The lowest BCUT2D eigenvalue weighted by Gasteiger charge is -2.36. The Labute approximate surface area is 328 Å². The molecule has 0 bridgehead atoms. The summed E-state index contributed by atoms with van der Waals surface area (Å²) in [6, 6.07) is 6.40. The molecule has 21 heteroatoms. The fourth-order valence-corrected chi connectivity index (χ4v) is 7.53. The molecule has 5 rings (SSSR count). The van der Waals surface area contributed by atoms with Crippen molar-refractivity contribution in [3.05, 3.63) is 36.0 Å². The summed E-state index contributed by atoms with van der Waals surface area (Å²) in [5.74, 6) is -0.451. The number of nitrogen functional groups attached to an aromatic ring is 1. The quantitative estimate of drug-likeness (QED) is 0.0548.